The van der Waals surface area contributed by atoms with Crippen LogP contribution in [0.1, 0.15) is 13.3 Å². The van der Waals surface area contributed by atoms with Gasteiger partial charge < -0.3 is 9.53 Å². The minimum Gasteiger partial charge on any atom is -0.363 e. The minimum absolute atomic E-state index is 0. The first kappa shape index (κ1) is 9.76. The second-order valence-electron chi connectivity index (χ2n) is 3.94. The molecule has 0 spiro atoms. The standard InChI is InChI=1S/C10H9O2.Y/c1-10-5-6-2-3-7(11)4-8(6)9(10)12-10;/h2,4,6,9H,5H2,1H3;/q-1;. The normalized spacial score (nSPS) is 44.7. The quantitative estimate of drug-likeness (QED) is 0.474. The first-order valence-electron chi connectivity index (χ1n) is 4.22. The number of ether oxygens (including phenoxy) is 1. The van der Waals surface area contributed by atoms with Crippen molar-refractivity contribution in [1.29, 1.82) is 0 Å². The second-order valence-corrected chi connectivity index (χ2v) is 3.94. The third-order valence-corrected chi connectivity index (χ3v) is 2.97. The maximum atomic E-state index is 11.0. The third-order valence-electron chi connectivity index (χ3n) is 2.97. The van der Waals surface area contributed by atoms with Crippen LogP contribution in [0.5, 0.6) is 0 Å². The van der Waals surface area contributed by atoms with E-state index in [-0.39, 0.29) is 50.2 Å². The average Bonchev–Trinajstić information content (AvgIpc) is 2.60. The van der Waals surface area contributed by atoms with E-state index in [0.717, 1.165) is 6.42 Å². The van der Waals surface area contributed by atoms with Gasteiger partial charge in [0.05, 0.1) is 11.7 Å². The molecule has 0 aromatic carbocycles. The summed E-state index contributed by atoms with van der Waals surface area (Å²) in [6.45, 7) is 2.11. The first-order valence-corrected chi connectivity index (χ1v) is 4.22. The van der Waals surface area contributed by atoms with Crippen molar-refractivity contribution in [2.75, 3.05) is 0 Å². The average molecular weight is 250 g/mol. The number of hydrogen-bond acceptors (Lipinski definition) is 2. The molecule has 13 heavy (non-hydrogen) atoms. The molecule has 3 aliphatic rings. The van der Waals surface area contributed by atoms with Crippen molar-refractivity contribution in [1.82, 2.24) is 0 Å². The molecule has 1 radical (unpaired) electrons. The molecule has 0 amide bonds. The van der Waals surface area contributed by atoms with Crippen molar-refractivity contribution in [3.63, 3.8) is 0 Å². The van der Waals surface area contributed by atoms with E-state index in [1.54, 1.807) is 6.08 Å². The third kappa shape index (κ3) is 1.31. The van der Waals surface area contributed by atoms with Crippen LogP contribution in [0.25, 0.3) is 0 Å². The van der Waals surface area contributed by atoms with Crippen LogP contribution >= 0.6 is 0 Å². The fourth-order valence-electron chi connectivity index (χ4n) is 2.27. The van der Waals surface area contributed by atoms with Gasteiger partial charge in [0.15, 0.2) is 0 Å². The molecule has 3 atom stereocenters. The number of ketones is 1. The zero-order valence-electron chi connectivity index (χ0n) is 7.41. The Labute approximate surface area is 102 Å². The van der Waals surface area contributed by atoms with Crippen molar-refractivity contribution in [2.24, 2.45) is 5.92 Å². The van der Waals surface area contributed by atoms with Gasteiger partial charge in [-0.05, 0) is 19.3 Å². The summed E-state index contributed by atoms with van der Waals surface area (Å²) in [7, 11) is 0. The van der Waals surface area contributed by atoms with Crippen LogP contribution in [0.4, 0.5) is 0 Å². The molecule has 0 aromatic rings. The zero-order valence-corrected chi connectivity index (χ0v) is 10.2. The Kier molecular flexibility index (Phi) is 2.14. The predicted molar refractivity (Wildman–Crippen MR) is 42.3 cm³/mol. The molecule has 2 fully saturated rings. The van der Waals surface area contributed by atoms with Crippen molar-refractivity contribution in [3.05, 3.63) is 23.8 Å². The molecule has 1 aliphatic heterocycles. The van der Waals surface area contributed by atoms with Crippen molar-refractivity contribution < 1.29 is 42.2 Å². The van der Waals surface area contributed by atoms with E-state index in [1.807, 2.05) is 6.08 Å². The Balaban J connectivity index is 0.000000653. The number of rotatable bonds is 0. The summed E-state index contributed by atoms with van der Waals surface area (Å²) < 4.78 is 5.49. The fraction of sp³-hybridized carbons (Fsp3) is 0.500. The molecule has 0 N–H and O–H groups in total. The molecule has 0 aromatic heterocycles. The van der Waals surface area contributed by atoms with E-state index in [4.69, 9.17) is 4.74 Å². The summed E-state index contributed by atoms with van der Waals surface area (Å²) in [6, 6.07) is 0. The van der Waals surface area contributed by atoms with Crippen LogP contribution in [0.3, 0.4) is 0 Å². The zero-order chi connectivity index (χ0) is 8.34. The maximum Gasteiger partial charge on any atom is 0.0955 e. The van der Waals surface area contributed by atoms with Crippen molar-refractivity contribution >= 4 is 5.78 Å². The van der Waals surface area contributed by atoms with Crippen molar-refractivity contribution in [3.8, 4) is 0 Å². The van der Waals surface area contributed by atoms with Crippen LogP contribution in [0, 0.1) is 12.0 Å². The van der Waals surface area contributed by atoms with Gasteiger partial charge >= 0.3 is 0 Å². The predicted octanol–water partition coefficient (Wildman–Crippen LogP) is 1.03. The van der Waals surface area contributed by atoms with Crippen LogP contribution in [0.15, 0.2) is 17.7 Å². The molecular weight excluding hydrogens is 241 g/mol. The number of allylic oxidation sites excluding steroid dienone is 3. The molecule has 1 saturated carbocycles. The van der Waals surface area contributed by atoms with Crippen LogP contribution in [0.2, 0.25) is 0 Å². The van der Waals surface area contributed by atoms with E-state index >= 15 is 0 Å². The molecule has 1 saturated heterocycles. The number of hydrogen-bond donors (Lipinski definition) is 0. The Morgan fingerprint density at radius 3 is 3.23 bits per heavy atom. The fourth-order valence-corrected chi connectivity index (χ4v) is 2.27. The molecule has 0 bridgehead atoms. The van der Waals surface area contributed by atoms with Gasteiger partial charge in [-0.2, -0.15) is 12.2 Å². The minimum atomic E-state index is -0.0130. The van der Waals surface area contributed by atoms with E-state index in [1.165, 1.54) is 5.57 Å². The topological polar surface area (TPSA) is 29.6 Å². The summed E-state index contributed by atoms with van der Waals surface area (Å²) in [5.41, 5.74) is 1.21. The molecule has 3 rings (SSSR count). The van der Waals surface area contributed by atoms with Gasteiger partial charge in [0.2, 0.25) is 0 Å². The van der Waals surface area contributed by atoms with E-state index < -0.39 is 0 Å². The van der Waals surface area contributed by atoms with E-state index in [9.17, 15) is 4.79 Å². The van der Waals surface area contributed by atoms with Crippen LogP contribution in [-0.4, -0.2) is 17.5 Å². The van der Waals surface area contributed by atoms with Gasteiger partial charge in [0.1, 0.15) is 0 Å². The Morgan fingerprint density at radius 2 is 2.46 bits per heavy atom. The van der Waals surface area contributed by atoms with E-state index in [2.05, 4.69) is 13.0 Å². The molecule has 3 heteroatoms. The van der Waals surface area contributed by atoms with Crippen LogP contribution in [-0.2, 0) is 42.2 Å². The largest absolute Gasteiger partial charge is 0.363 e. The van der Waals surface area contributed by atoms with Gasteiger partial charge in [0, 0.05) is 38.5 Å². The maximum absolute atomic E-state index is 11.0. The molecule has 65 valence electrons. The Bertz CT molecular complexity index is 332. The number of carbonyl (C=O) groups is 1. The summed E-state index contributed by atoms with van der Waals surface area (Å²) in [5, 5.41) is 0. The summed E-state index contributed by atoms with van der Waals surface area (Å²) in [5.74, 6) is 0.410. The SMILES string of the molecule is CC12CC3C=[C-]C(=O)C=C3C1O2.[Y]. The summed E-state index contributed by atoms with van der Waals surface area (Å²) >= 11 is 0. The smallest absolute Gasteiger partial charge is 0.0955 e. The second kappa shape index (κ2) is 2.85. The molecule has 2 nitrogen and oxygen atoms in total. The Hall–Kier alpha value is 0.214. The van der Waals surface area contributed by atoms with Gasteiger partial charge in [-0.25, -0.2) is 6.08 Å². The number of epoxide rings is 1. The molecule has 2 aliphatic carbocycles. The van der Waals surface area contributed by atoms with Crippen molar-refractivity contribution in [2.45, 2.75) is 25.0 Å². The number of carbonyl (C=O) groups excluding carboxylic acids is 1. The monoisotopic (exact) mass is 250 g/mol. The van der Waals surface area contributed by atoms with Gasteiger partial charge in [-0.3, -0.25) is 0 Å². The first-order chi connectivity index (χ1) is 5.69. The van der Waals surface area contributed by atoms with Gasteiger partial charge in [-0.1, -0.05) is 0 Å². The van der Waals surface area contributed by atoms with Gasteiger partial charge in [0.25, 0.3) is 0 Å². The molecule has 3 unspecified atom stereocenters. The molecule has 1 heterocycles. The summed E-state index contributed by atoms with van der Waals surface area (Å²) in [4.78, 5) is 11.0. The number of fused-ring (bicyclic) bond motifs is 3. The Morgan fingerprint density at radius 1 is 1.69 bits per heavy atom. The van der Waals surface area contributed by atoms with Crippen LogP contribution < -0.4 is 0 Å². The van der Waals surface area contributed by atoms with E-state index in [0.29, 0.717) is 5.92 Å². The van der Waals surface area contributed by atoms with Gasteiger partial charge in [-0.15, -0.1) is 5.57 Å². The summed E-state index contributed by atoms with van der Waals surface area (Å²) in [6.07, 6.45) is 7.54. The molecular formula is C10H9O2Y-.